The van der Waals surface area contributed by atoms with E-state index < -0.39 is 12.1 Å². The van der Waals surface area contributed by atoms with Crippen LogP contribution in [0.4, 0.5) is 4.79 Å². The van der Waals surface area contributed by atoms with E-state index in [9.17, 15) is 9.59 Å². The number of nitrogens with zero attached hydrogens (tertiary/aromatic N) is 1. The lowest BCUT2D eigenvalue weighted by atomic mass is 10.2. The lowest BCUT2D eigenvalue weighted by Crippen LogP contribution is -2.47. The molecule has 0 fully saturated rings. The second kappa shape index (κ2) is 3.92. The molecule has 0 aliphatic carbocycles. The highest BCUT2D eigenvalue weighted by molar-refractivity contribution is 5.86. The van der Waals surface area contributed by atoms with Gasteiger partial charge in [-0.3, -0.25) is 9.80 Å². The summed E-state index contributed by atoms with van der Waals surface area (Å²) in [6.07, 6.45) is 0. The lowest BCUT2D eigenvalue weighted by molar-refractivity contribution is -0.118. The van der Waals surface area contributed by atoms with Crippen molar-refractivity contribution in [2.24, 2.45) is 5.84 Å². The third-order valence-corrected chi connectivity index (χ3v) is 1.27. The Hall–Kier alpha value is -1.10. The van der Waals surface area contributed by atoms with Crippen LogP contribution in [0.2, 0.25) is 0 Å². The molecule has 0 aromatic heterocycles. The maximum absolute atomic E-state index is 10.8. The summed E-state index contributed by atoms with van der Waals surface area (Å²) in [6.45, 7) is 3.01. The topological polar surface area (TPSA) is 75.4 Å². The van der Waals surface area contributed by atoms with Gasteiger partial charge in [0.05, 0.1) is 6.04 Å². The van der Waals surface area contributed by atoms with Gasteiger partial charge in [-0.15, -0.1) is 0 Å². The minimum Gasteiger partial charge on any atom is -0.327 e. The number of rotatable bonds is 2. The number of urea groups is 1. The molecule has 0 heterocycles. The third-order valence-electron chi connectivity index (χ3n) is 1.27. The first kappa shape index (κ1) is 9.90. The van der Waals surface area contributed by atoms with Gasteiger partial charge >= 0.3 is 6.03 Å². The van der Waals surface area contributed by atoms with Crippen molar-refractivity contribution in [2.75, 3.05) is 7.05 Å². The zero-order valence-electron chi connectivity index (χ0n) is 6.92. The number of ketones is 1. The third kappa shape index (κ3) is 3.57. The van der Waals surface area contributed by atoms with E-state index >= 15 is 0 Å². The van der Waals surface area contributed by atoms with E-state index in [1.54, 1.807) is 6.92 Å². The van der Waals surface area contributed by atoms with Gasteiger partial charge in [0.15, 0.2) is 5.78 Å². The molecule has 0 spiro atoms. The van der Waals surface area contributed by atoms with Crippen LogP contribution in [0.1, 0.15) is 13.8 Å². The van der Waals surface area contributed by atoms with E-state index in [4.69, 9.17) is 5.84 Å². The van der Waals surface area contributed by atoms with Gasteiger partial charge < -0.3 is 5.32 Å². The molecular formula is C6H13N3O2. The Morgan fingerprint density at radius 1 is 1.55 bits per heavy atom. The van der Waals surface area contributed by atoms with Crippen LogP contribution in [0, 0.1) is 0 Å². The van der Waals surface area contributed by atoms with Crippen molar-refractivity contribution >= 4 is 11.8 Å². The molecule has 0 aromatic carbocycles. The number of amides is 2. The number of Topliss-reactive ketones (excluding diaryl/α,β-unsaturated/α-hetero) is 1. The minimum absolute atomic E-state index is 0.0970. The Bertz CT molecular complexity index is 167. The fourth-order valence-corrected chi connectivity index (χ4v) is 0.389. The van der Waals surface area contributed by atoms with Gasteiger partial charge in [-0.25, -0.2) is 10.6 Å². The molecule has 0 aromatic rings. The molecule has 1 atom stereocenters. The molecule has 0 aliphatic heterocycles. The summed E-state index contributed by atoms with van der Waals surface area (Å²) >= 11 is 0. The van der Waals surface area contributed by atoms with E-state index in [-0.39, 0.29) is 5.78 Å². The maximum Gasteiger partial charge on any atom is 0.331 e. The van der Waals surface area contributed by atoms with E-state index in [2.05, 4.69) is 5.32 Å². The number of hydrogen-bond acceptors (Lipinski definition) is 3. The summed E-state index contributed by atoms with van der Waals surface area (Å²) in [5, 5.41) is 3.28. The van der Waals surface area contributed by atoms with Crippen molar-refractivity contribution in [3.05, 3.63) is 0 Å². The van der Waals surface area contributed by atoms with Crippen LogP contribution in [-0.4, -0.2) is 29.9 Å². The summed E-state index contributed by atoms with van der Waals surface area (Å²) in [5.74, 6) is 5.00. The number of nitrogens with two attached hydrogens (primary N) is 1. The average molecular weight is 159 g/mol. The number of carbonyl (C=O) groups is 2. The summed E-state index contributed by atoms with van der Waals surface area (Å²) in [5.41, 5.74) is 0. The highest BCUT2D eigenvalue weighted by Gasteiger charge is 2.11. The first-order valence-electron chi connectivity index (χ1n) is 3.24. The number of hydrazine groups is 1. The highest BCUT2D eigenvalue weighted by atomic mass is 16.2. The van der Waals surface area contributed by atoms with Crippen LogP contribution in [0.25, 0.3) is 0 Å². The Morgan fingerprint density at radius 2 is 2.00 bits per heavy atom. The van der Waals surface area contributed by atoms with Crippen LogP contribution in [0.15, 0.2) is 0 Å². The fourth-order valence-electron chi connectivity index (χ4n) is 0.389. The number of nitrogens with one attached hydrogen (secondary N) is 1. The molecule has 0 saturated carbocycles. The Kier molecular flexibility index (Phi) is 3.53. The second-order valence-corrected chi connectivity index (χ2v) is 2.39. The molecule has 11 heavy (non-hydrogen) atoms. The zero-order chi connectivity index (χ0) is 9.02. The van der Waals surface area contributed by atoms with Gasteiger partial charge in [0.25, 0.3) is 0 Å². The van der Waals surface area contributed by atoms with Gasteiger partial charge in [0.1, 0.15) is 0 Å². The van der Waals surface area contributed by atoms with Crippen molar-refractivity contribution < 1.29 is 9.59 Å². The second-order valence-electron chi connectivity index (χ2n) is 2.39. The monoisotopic (exact) mass is 159 g/mol. The largest absolute Gasteiger partial charge is 0.331 e. The molecular weight excluding hydrogens is 146 g/mol. The molecule has 0 bridgehead atoms. The molecule has 64 valence electrons. The molecule has 0 aliphatic rings. The molecule has 0 rings (SSSR count). The van der Waals surface area contributed by atoms with E-state index in [1.165, 1.54) is 14.0 Å². The van der Waals surface area contributed by atoms with E-state index in [0.717, 1.165) is 5.01 Å². The van der Waals surface area contributed by atoms with Crippen LogP contribution in [0.5, 0.6) is 0 Å². The molecule has 3 N–H and O–H groups in total. The standard InChI is InChI=1S/C6H13N3O2/c1-4(5(2)10)8-6(11)9(3)7/h4H,7H2,1-3H3,(H,8,11). The summed E-state index contributed by atoms with van der Waals surface area (Å²) < 4.78 is 0. The van der Waals surface area contributed by atoms with Crippen LogP contribution >= 0.6 is 0 Å². The SMILES string of the molecule is CC(=O)C(C)NC(=O)N(C)N. The maximum atomic E-state index is 10.8. The summed E-state index contributed by atoms with van der Waals surface area (Å²) in [7, 11) is 1.40. The normalized spacial score (nSPS) is 12.0. The van der Waals surface area contributed by atoms with E-state index in [1.807, 2.05) is 0 Å². The average Bonchev–Trinajstić information content (AvgIpc) is 1.87. The van der Waals surface area contributed by atoms with Crippen LogP contribution < -0.4 is 11.2 Å². The van der Waals surface area contributed by atoms with Gasteiger partial charge in [-0.2, -0.15) is 0 Å². The molecule has 0 saturated heterocycles. The van der Waals surface area contributed by atoms with Crippen molar-refractivity contribution in [3.63, 3.8) is 0 Å². The van der Waals surface area contributed by atoms with Crippen LogP contribution in [0.3, 0.4) is 0 Å². The van der Waals surface area contributed by atoms with Gasteiger partial charge in [0.2, 0.25) is 0 Å². The first-order chi connectivity index (χ1) is 4.95. The predicted molar refractivity (Wildman–Crippen MR) is 40.6 cm³/mol. The van der Waals surface area contributed by atoms with Crippen molar-refractivity contribution in [3.8, 4) is 0 Å². The van der Waals surface area contributed by atoms with E-state index in [0.29, 0.717) is 0 Å². The molecule has 1 unspecified atom stereocenters. The Labute approximate surface area is 65.5 Å². The minimum atomic E-state index is -0.478. The lowest BCUT2D eigenvalue weighted by Gasteiger charge is -2.14. The van der Waals surface area contributed by atoms with Crippen LogP contribution in [-0.2, 0) is 4.79 Å². The summed E-state index contributed by atoms with van der Waals surface area (Å²) in [4.78, 5) is 21.4. The van der Waals surface area contributed by atoms with Crippen molar-refractivity contribution in [1.82, 2.24) is 10.3 Å². The number of hydrogen-bond donors (Lipinski definition) is 2. The first-order valence-corrected chi connectivity index (χ1v) is 3.24. The highest BCUT2D eigenvalue weighted by Crippen LogP contribution is 1.84. The Morgan fingerprint density at radius 3 is 2.27 bits per heavy atom. The Balaban J connectivity index is 3.85. The summed E-state index contributed by atoms with van der Waals surface area (Å²) in [6, 6.07) is -0.943. The van der Waals surface area contributed by atoms with Gasteiger partial charge in [0, 0.05) is 7.05 Å². The fraction of sp³-hybridized carbons (Fsp3) is 0.667. The van der Waals surface area contributed by atoms with Gasteiger partial charge in [-0.05, 0) is 13.8 Å². The smallest absolute Gasteiger partial charge is 0.327 e. The van der Waals surface area contributed by atoms with Crippen molar-refractivity contribution in [2.45, 2.75) is 19.9 Å². The van der Waals surface area contributed by atoms with Crippen molar-refractivity contribution in [1.29, 1.82) is 0 Å². The zero-order valence-corrected chi connectivity index (χ0v) is 6.92. The molecule has 0 radical (unpaired) electrons. The molecule has 2 amide bonds. The quantitative estimate of drug-likeness (QED) is 0.323. The molecule has 5 heteroatoms. The number of carbonyl (C=O) groups excluding carboxylic acids is 2. The predicted octanol–water partition coefficient (Wildman–Crippen LogP) is -0.521. The van der Waals surface area contributed by atoms with Gasteiger partial charge in [-0.1, -0.05) is 0 Å². The molecule has 5 nitrogen and oxygen atoms in total.